The lowest BCUT2D eigenvalue weighted by Gasteiger charge is -2.62. The van der Waals surface area contributed by atoms with Gasteiger partial charge in [-0.15, -0.1) is 0 Å². The van der Waals surface area contributed by atoms with E-state index in [9.17, 15) is 9.90 Å². The Morgan fingerprint density at radius 2 is 1.80 bits per heavy atom. The molecule has 0 bridgehead atoms. The minimum absolute atomic E-state index is 0.114. The number of carbonyl (C=O) groups excluding carboxylic acids is 1. The average molecular weight is 345 g/mol. The topological polar surface area (TPSA) is 37.3 Å². The summed E-state index contributed by atoms with van der Waals surface area (Å²) in [5.41, 5.74) is 2.03. The number of hydrogen-bond donors (Lipinski definition) is 1. The molecule has 0 aliphatic heterocycles. The lowest BCUT2D eigenvalue weighted by atomic mass is 9.42. The highest BCUT2D eigenvalue weighted by molar-refractivity contribution is 5.91. The van der Waals surface area contributed by atoms with Gasteiger partial charge in [0.2, 0.25) is 0 Å². The van der Waals surface area contributed by atoms with E-state index in [-0.39, 0.29) is 22.3 Å². The number of fused-ring (bicyclic) bond motifs is 5. The molecule has 2 nitrogen and oxygen atoms in total. The molecular formula is C23H36O2. The van der Waals surface area contributed by atoms with Gasteiger partial charge in [0.1, 0.15) is 0 Å². The van der Waals surface area contributed by atoms with E-state index in [0.717, 1.165) is 32.1 Å². The summed E-state index contributed by atoms with van der Waals surface area (Å²) in [6.07, 6.45) is 9.34. The second-order valence-corrected chi connectivity index (χ2v) is 11.2. The van der Waals surface area contributed by atoms with E-state index in [4.69, 9.17) is 0 Å². The second kappa shape index (κ2) is 5.44. The molecule has 0 amide bonds. The van der Waals surface area contributed by atoms with Crippen LogP contribution in [0.2, 0.25) is 0 Å². The van der Waals surface area contributed by atoms with Crippen LogP contribution >= 0.6 is 0 Å². The van der Waals surface area contributed by atoms with Crippen molar-refractivity contribution in [2.24, 2.45) is 39.9 Å². The van der Waals surface area contributed by atoms with E-state index in [1.54, 1.807) is 0 Å². The Kier molecular flexibility index (Phi) is 3.87. The average Bonchev–Trinajstić information content (AvgIpc) is 2.82. The fraction of sp³-hybridized carbons (Fsp3) is 0.870. The van der Waals surface area contributed by atoms with Crippen LogP contribution in [0.1, 0.15) is 79.6 Å². The lowest BCUT2D eigenvalue weighted by Crippen LogP contribution is -2.56. The van der Waals surface area contributed by atoms with Gasteiger partial charge in [0, 0.05) is 6.42 Å². The zero-order valence-corrected chi connectivity index (χ0v) is 16.8. The van der Waals surface area contributed by atoms with Crippen molar-refractivity contribution >= 4 is 5.78 Å². The van der Waals surface area contributed by atoms with Crippen molar-refractivity contribution in [3.05, 3.63) is 11.6 Å². The molecule has 0 radical (unpaired) electrons. The molecule has 0 unspecified atom stereocenters. The van der Waals surface area contributed by atoms with E-state index in [1.165, 1.54) is 18.4 Å². The predicted molar refractivity (Wildman–Crippen MR) is 101 cm³/mol. The Morgan fingerprint density at radius 1 is 1.08 bits per heavy atom. The summed E-state index contributed by atoms with van der Waals surface area (Å²) in [6.45, 7) is 12.0. The predicted octanol–water partition coefficient (Wildman–Crippen LogP) is 5.15. The minimum Gasteiger partial charge on any atom is -0.393 e. The van der Waals surface area contributed by atoms with Gasteiger partial charge in [-0.1, -0.05) is 40.2 Å². The molecule has 140 valence electrons. The molecule has 1 N–H and O–H groups in total. The van der Waals surface area contributed by atoms with Gasteiger partial charge in [-0.25, -0.2) is 0 Å². The van der Waals surface area contributed by atoms with Crippen LogP contribution in [-0.4, -0.2) is 17.0 Å². The van der Waals surface area contributed by atoms with E-state index in [2.05, 4.69) is 34.6 Å². The maximum atomic E-state index is 12.1. The van der Waals surface area contributed by atoms with Crippen molar-refractivity contribution in [3.63, 3.8) is 0 Å². The Balaban J connectivity index is 1.81. The molecular weight excluding hydrogens is 308 g/mol. The molecule has 2 heteroatoms. The minimum atomic E-state index is -0.114. The number of aliphatic hydroxyl groups is 1. The molecule has 3 saturated carbocycles. The number of aliphatic hydroxyl groups excluding tert-OH is 1. The summed E-state index contributed by atoms with van der Waals surface area (Å²) in [5, 5.41) is 10.7. The van der Waals surface area contributed by atoms with E-state index in [1.807, 2.05) is 6.08 Å². The van der Waals surface area contributed by atoms with Gasteiger partial charge < -0.3 is 5.11 Å². The molecule has 7 atom stereocenters. The number of carbonyl (C=O) groups is 1. The smallest absolute Gasteiger partial charge is 0.155 e. The zero-order valence-electron chi connectivity index (χ0n) is 16.8. The molecule has 4 aliphatic carbocycles. The van der Waals surface area contributed by atoms with Crippen molar-refractivity contribution in [2.75, 3.05) is 0 Å². The highest BCUT2D eigenvalue weighted by Gasteiger charge is 2.62. The van der Waals surface area contributed by atoms with Crippen molar-refractivity contribution in [1.82, 2.24) is 0 Å². The van der Waals surface area contributed by atoms with Gasteiger partial charge >= 0.3 is 0 Å². The highest BCUT2D eigenvalue weighted by atomic mass is 16.3. The van der Waals surface area contributed by atoms with E-state index in [0.29, 0.717) is 29.5 Å². The first kappa shape index (κ1) is 17.8. The first-order valence-electron chi connectivity index (χ1n) is 10.5. The number of hydrogen-bond acceptors (Lipinski definition) is 2. The molecule has 3 fully saturated rings. The summed E-state index contributed by atoms with van der Waals surface area (Å²) in [6, 6.07) is 0. The van der Waals surface area contributed by atoms with Crippen LogP contribution in [0.15, 0.2) is 11.6 Å². The first-order chi connectivity index (χ1) is 11.6. The third kappa shape index (κ3) is 2.42. The van der Waals surface area contributed by atoms with Gasteiger partial charge in [0.05, 0.1) is 6.10 Å². The fourth-order valence-corrected chi connectivity index (χ4v) is 7.42. The summed E-state index contributed by atoms with van der Waals surface area (Å²) in [7, 11) is 0. The number of ketones is 1. The monoisotopic (exact) mass is 344 g/mol. The number of allylic oxidation sites excluding steroid dienone is 1. The summed E-state index contributed by atoms with van der Waals surface area (Å²) in [4.78, 5) is 12.1. The van der Waals surface area contributed by atoms with Crippen LogP contribution in [0, 0.1) is 39.9 Å². The highest BCUT2D eigenvalue weighted by Crippen LogP contribution is 2.68. The Morgan fingerprint density at radius 3 is 2.48 bits per heavy atom. The molecule has 25 heavy (non-hydrogen) atoms. The fourth-order valence-electron chi connectivity index (χ4n) is 7.42. The third-order valence-corrected chi connectivity index (χ3v) is 9.08. The first-order valence-corrected chi connectivity index (χ1v) is 10.5. The number of rotatable bonds is 0. The quantitative estimate of drug-likeness (QED) is 0.660. The molecule has 0 aromatic carbocycles. The van der Waals surface area contributed by atoms with Crippen LogP contribution in [0.5, 0.6) is 0 Å². The van der Waals surface area contributed by atoms with E-state index >= 15 is 0 Å². The van der Waals surface area contributed by atoms with Gasteiger partial charge in [-0.3, -0.25) is 4.79 Å². The second-order valence-electron chi connectivity index (χ2n) is 11.2. The molecule has 0 heterocycles. The summed E-state index contributed by atoms with van der Waals surface area (Å²) >= 11 is 0. The van der Waals surface area contributed by atoms with Gasteiger partial charge in [0.25, 0.3) is 0 Å². The van der Waals surface area contributed by atoms with Crippen molar-refractivity contribution in [1.29, 1.82) is 0 Å². The van der Waals surface area contributed by atoms with Gasteiger partial charge in [0.15, 0.2) is 5.78 Å². The molecule has 0 aromatic rings. The maximum Gasteiger partial charge on any atom is 0.155 e. The molecule has 4 aliphatic rings. The molecule has 0 saturated heterocycles. The van der Waals surface area contributed by atoms with Crippen LogP contribution in [-0.2, 0) is 4.79 Å². The summed E-state index contributed by atoms with van der Waals surface area (Å²) < 4.78 is 0. The van der Waals surface area contributed by atoms with Crippen molar-refractivity contribution in [2.45, 2.75) is 85.7 Å². The normalized spacial score (nSPS) is 49.9. The van der Waals surface area contributed by atoms with Crippen LogP contribution in [0.3, 0.4) is 0 Å². The molecule has 0 aromatic heterocycles. The van der Waals surface area contributed by atoms with Crippen LogP contribution in [0.25, 0.3) is 0 Å². The SMILES string of the molecule is CC(C)(C)[C@H]1CC2=CC(=O)CC[C@]2(C)[C@H]2CC[C@]3(C)[C@@H](O)CC[C@H]3[C@H]12. The third-order valence-electron chi connectivity index (χ3n) is 9.08. The van der Waals surface area contributed by atoms with Gasteiger partial charge in [-0.05, 0) is 84.5 Å². The Hall–Kier alpha value is -0.630. The standard InChI is InChI=1S/C23H36O2/c1-21(2,3)18-13-14-12-15(24)8-10-22(14,4)17-9-11-23(5)16(20(17)18)6-7-19(23)25/h12,16-20,25H,6-11,13H2,1-5H3/t16-,17-,18-,19-,20-,22-,23-/m0/s1. The van der Waals surface area contributed by atoms with E-state index < -0.39 is 0 Å². The zero-order chi connectivity index (χ0) is 18.2. The van der Waals surface area contributed by atoms with Crippen LogP contribution in [0.4, 0.5) is 0 Å². The molecule has 4 rings (SSSR count). The van der Waals surface area contributed by atoms with Crippen LogP contribution < -0.4 is 0 Å². The largest absolute Gasteiger partial charge is 0.393 e. The van der Waals surface area contributed by atoms with Gasteiger partial charge in [-0.2, -0.15) is 0 Å². The Bertz CT molecular complexity index is 612. The van der Waals surface area contributed by atoms with Crippen molar-refractivity contribution < 1.29 is 9.90 Å². The molecule has 0 spiro atoms. The maximum absolute atomic E-state index is 12.1. The van der Waals surface area contributed by atoms with Crippen molar-refractivity contribution in [3.8, 4) is 0 Å². The summed E-state index contributed by atoms with van der Waals surface area (Å²) in [5.74, 6) is 3.01. The Labute approximate surface area is 153 Å². The lowest BCUT2D eigenvalue weighted by molar-refractivity contribution is -0.125.